The second-order valence-electron chi connectivity index (χ2n) is 9.99. The lowest BCUT2D eigenvalue weighted by Crippen LogP contribution is -2.40. The van der Waals surface area contributed by atoms with Gasteiger partial charge in [-0.1, -0.05) is 42.5 Å². The smallest absolute Gasteiger partial charge is 0.262 e. The van der Waals surface area contributed by atoms with Gasteiger partial charge in [-0.05, 0) is 66.1 Å². The molecular formula is C34H36N4O8S. The van der Waals surface area contributed by atoms with Crippen LogP contribution in [0.1, 0.15) is 11.1 Å². The highest BCUT2D eigenvalue weighted by Gasteiger charge is 2.27. The Balaban J connectivity index is 1.35. The Morgan fingerprint density at radius 1 is 0.787 bits per heavy atom. The largest absolute Gasteiger partial charge is 0.495 e. The van der Waals surface area contributed by atoms with Gasteiger partial charge in [-0.2, -0.15) is 9.41 Å². The van der Waals surface area contributed by atoms with E-state index in [-0.39, 0.29) is 29.7 Å². The molecule has 0 heterocycles. The van der Waals surface area contributed by atoms with Gasteiger partial charge in [0.1, 0.15) is 11.5 Å². The molecule has 0 radical (unpaired) electrons. The van der Waals surface area contributed by atoms with Crippen LogP contribution < -0.4 is 29.7 Å². The fourth-order valence-electron chi connectivity index (χ4n) is 4.42. The summed E-state index contributed by atoms with van der Waals surface area (Å²) in [6.45, 7) is -0.630. The summed E-state index contributed by atoms with van der Waals surface area (Å²) in [5, 5.41) is 6.72. The highest BCUT2D eigenvalue weighted by molar-refractivity contribution is 7.89. The van der Waals surface area contributed by atoms with Gasteiger partial charge in [0.05, 0.1) is 44.7 Å². The third-order valence-corrected chi connectivity index (χ3v) is 8.68. The van der Waals surface area contributed by atoms with E-state index in [9.17, 15) is 18.0 Å². The first-order chi connectivity index (χ1) is 22.7. The van der Waals surface area contributed by atoms with Crippen LogP contribution in [0.5, 0.6) is 23.0 Å². The molecule has 4 rings (SSSR count). The van der Waals surface area contributed by atoms with Crippen LogP contribution in [0.15, 0.2) is 107 Å². The SMILES string of the molecule is COc1ccccc1NC(=O)COc1ccc(/C=N/NC(=O)CN(CCc2ccccc2)S(=O)(=O)c2ccc(OC)c(OC)c2)cc1. The van der Waals surface area contributed by atoms with Gasteiger partial charge in [0.25, 0.3) is 11.8 Å². The van der Waals surface area contributed by atoms with Gasteiger partial charge in [0.2, 0.25) is 10.0 Å². The minimum absolute atomic E-state index is 0.0425. The average Bonchev–Trinajstić information content (AvgIpc) is 3.10. The van der Waals surface area contributed by atoms with Crippen molar-refractivity contribution in [3.8, 4) is 23.0 Å². The maximum Gasteiger partial charge on any atom is 0.262 e. The molecule has 4 aromatic rings. The number of ether oxygens (including phenoxy) is 4. The Kier molecular flexibility index (Phi) is 12.3. The standard InChI is InChI=1S/C34H36N4O8S/c1-43-30-12-8-7-11-29(30)36-34(40)24-46-27-15-13-26(14-16-27)22-35-37-33(39)23-38(20-19-25-9-5-4-6-10-25)47(41,42)28-17-18-31(44-2)32(21-28)45-3/h4-18,21-22H,19-20,23-24H2,1-3H3,(H,36,40)(H,37,39)/b35-22+. The Labute approximate surface area is 274 Å². The van der Waals surface area contributed by atoms with Crippen LogP contribution in [0.3, 0.4) is 0 Å². The number of nitrogens with zero attached hydrogens (tertiary/aromatic N) is 2. The lowest BCUT2D eigenvalue weighted by Gasteiger charge is -2.22. The summed E-state index contributed by atoms with van der Waals surface area (Å²) in [4.78, 5) is 25.2. The van der Waals surface area contributed by atoms with Crippen LogP contribution in [0.2, 0.25) is 0 Å². The van der Waals surface area contributed by atoms with Crippen molar-refractivity contribution in [3.05, 3.63) is 108 Å². The van der Waals surface area contributed by atoms with E-state index in [0.717, 1.165) is 9.87 Å². The third-order valence-electron chi connectivity index (χ3n) is 6.84. The molecule has 0 saturated carbocycles. The summed E-state index contributed by atoms with van der Waals surface area (Å²) in [5.41, 5.74) is 4.49. The number of nitrogens with one attached hydrogen (secondary N) is 2. The van der Waals surface area contributed by atoms with Crippen LogP contribution in [-0.2, 0) is 26.0 Å². The minimum Gasteiger partial charge on any atom is -0.495 e. The van der Waals surface area contributed by atoms with Crippen LogP contribution >= 0.6 is 0 Å². The number of anilines is 1. The predicted molar refractivity (Wildman–Crippen MR) is 178 cm³/mol. The van der Waals surface area contributed by atoms with E-state index >= 15 is 0 Å². The van der Waals surface area contributed by atoms with Gasteiger partial charge >= 0.3 is 0 Å². The predicted octanol–water partition coefficient (Wildman–Crippen LogP) is 4.11. The first kappa shape index (κ1) is 34.5. The summed E-state index contributed by atoms with van der Waals surface area (Å²) < 4.78 is 49.7. The number of carbonyl (C=O) groups excluding carboxylic acids is 2. The molecule has 2 amide bonds. The lowest BCUT2D eigenvalue weighted by atomic mass is 10.1. The molecule has 246 valence electrons. The molecular weight excluding hydrogens is 624 g/mol. The first-order valence-corrected chi connectivity index (χ1v) is 15.9. The molecule has 0 aliphatic heterocycles. The number of carbonyl (C=O) groups is 2. The second-order valence-corrected chi connectivity index (χ2v) is 11.9. The van der Waals surface area contributed by atoms with Crippen molar-refractivity contribution in [2.24, 2.45) is 5.10 Å². The molecule has 47 heavy (non-hydrogen) atoms. The van der Waals surface area contributed by atoms with Gasteiger partial charge in [-0.25, -0.2) is 13.8 Å². The zero-order valence-corrected chi connectivity index (χ0v) is 27.0. The third kappa shape index (κ3) is 9.79. The zero-order valence-electron chi connectivity index (χ0n) is 26.2. The number of rotatable bonds is 16. The molecule has 0 aromatic heterocycles. The topological polar surface area (TPSA) is 145 Å². The summed E-state index contributed by atoms with van der Waals surface area (Å²) in [6, 6.07) is 27.4. The average molecular weight is 661 g/mol. The zero-order chi connectivity index (χ0) is 33.6. The lowest BCUT2D eigenvalue weighted by molar-refractivity contribution is -0.121. The monoisotopic (exact) mass is 660 g/mol. The van der Waals surface area contributed by atoms with Gasteiger partial charge < -0.3 is 24.3 Å². The molecule has 0 aliphatic carbocycles. The van der Waals surface area contributed by atoms with Gasteiger partial charge in [0.15, 0.2) is 18.1 Å². The van der Waals surface area contributed by atoms with Crippen molar-refractivity contribution in [1.82, 2.24) is 9.73 Å². The van der Waals surface area contributed by atoms with E-state index in [2.05, 4.69) is 15.8 Å². The Morgan fingerprint density at radius 2 is 1.47 bits per heavy atom. The Hall–Kier alpha value is -5.40. The number of methoxy groups -OCH3 is 3. The number of benzene rings is 4. The maximum atomic E-state index is 13.7. The molecule has 0 bridgehead atoms. The molecule has 0 aliphatic rings. The van der Waals surface area contributed by atoms with Gasteiger partial charge in [0, 0.05) is 12.6 Å². The van der Waals surface area contributed by atoms with Gasteiger partial charge in [-0.3, -0.25) is 9.59 Å². The molecule has 4 aromatic carbocycles. The summed E-state index contributed by atoms with van der Waals surface area (Å²) >= 11 is 0. The Bertz CT molecular complexity index is 1780. The molecule has 0 atom stereocenters. The van der Waals surface area contributed by atoms with Gasteiger partial charge in [-0.15, -0.1) is 0 Å². The number of sulfonamides is 1. The normalized spacial score (nSPS) is 11.2. The number of hydrogen-bond acceptors (Lipinski definition) is 9. The Morgan fingerprint density at radius 3 is 2.17 bits per heavy atom. The number of hydrogen-bond donors (Lipinski definition) is 2. The van der Waals surface area contributed by atoms with Crippen molar-refractivity contribution in [2.45, 2.75) is 11.3 Å². The fourth-order valence-corrected chi connectivity index (χ4v) is 5.83. The number of amides is 2. The second kappa shape index (κ2) is 16.8. The van der Waals surface area contributed by atoms with Crippen molar-refractivity contribution in [3.63, 3.8) is 0 Å². The van der Waals surface area contributed by atoms with E-state index in [1.54, 1.807) is 48.5 Å². The fraction of sp³-hybridized carbons (Fsp3) is 0.206. The quantitative estimate of drug-likeness (QED) is 0.135. The summed E-state index contributed by atoms with van der Waals surface area (Å²) in [6.07, 6.45) is 1.80. The van der Waals surface area contributed by atoms with Crippen molar-refractivity contribution in [2.75, 3.05) is 46.3 Å². The molecule has 0 saturated heterocycles. The number of para-hydroxylation sites is 2. The van der Waals surface area contributed by atoms with E-state index in [4.69, 9.17) is 18.9 Å². The molecule has 12 nitrogen and oxygen atoms in total. The van der Waals surface area contributed by atoms with E-state index < -0.39 is 22.5 Å². The van der Waals surface area contributed by atoms with E-state index in [1.165, 1.54) is 45.7 Å². The first-order valence-electron chi connectivity index (χ1n) is 14.5. The number of hydrazone groups is 1. The van der Waals surface area contributed by atoms with Crippen LogP contribution in [0.4, 0.5) is 5.69 Å². The molecule has 0 spiro atoms. The van der Waals surface area contributed by atoms with Crippen molar-refractivity contribution in [1.29, 1.82) is 0 Å². The summed E-state index contributed by atoms with van der Waals surface area (Å²) in [5.74, 6) is 0.640. The van der Waals surface area contributed by atoms with Crippen LogP contribution in [-0.4, -0.2) is 71.8 Å². The van der Waals surface area contributed by atoms with Crippen LogP contribution in [0.25, 0.3) is 0 Å². The molecule has 2 N–H and O–H groups in total. The van der Waals surface area contributed by atoms with Crippen LogP contribution in [0, 0.1) is 0 Å². The van der Waals surface area contributed by atoms with E-state index in [1.807, 2.05) is 30.3 Å². The van der Waals surface area contributed by atoms with E-state index in [0.29, 0.717) is 34.9 Å². The van der Waals surface area contributed by atoms with Crippen molar-refractivity contribution >= 4 is 33.7 Å². The minimum atomic E-state index is -4.10. The molecule has 13 heteroatoms. The highest BCUT2D eigenvalue weighted by Crippen LogP contribution is 2.31. The van der Waals surface area contributed by atoms with Crippen molar-refractivity contribution < 1.29 is 37.0 Å². The maximum absolute atomic E-state index is 13.7. The summed E-state index contributed by atoms with van der Waals surface area (Å²) in [7, 11) is 0.287. The highest BCUT2D eigenvalue weighted by atomic mass is 32.2. The molecule has 0 unspecified atom stereocenters. The molecule has 0 fully saturated rings.